The van der Waals surface area contributed by atoms with Crippen LogP contribution in [-0.2, 0) is 60.1 Å². The van der Waals surface area contributed by atoms with Crippen LogP contribution >= 0.6 is 45.1 Å². The first-order chi connectivity index (χ1) is 41.1. The van der Waals surface area contributed by atoms with E-state index in [-0.39, 0.29) is 107 Å². The van der Waals surface area contributed by atoms with Crippen LogP contribution in [0.25, 0.3) is 33.4 Å². The first-order valence-corrected chi connectivity index (χ1v) is 34.1. The van der Waals surface area contributed by atoms with Crippen molar-refractivity contribution in [1.29, 1.82) is 0 Å². The van der Waals surface area contributed by atoms with Gasteiger partial charge in [-0.1, -0.05) is 27.7 Å². The van der Waals surface area contributed by atoms with E-state index in [2.05, 4.69) is 34.5 Å². The molecule has 0 saturated carbocycles. The Morgan fingerprint density at radius 1 is 0.828 bits per heavy atom. The molecule has 0 spiro atoms. The normalized spacial score (nSPS) is 17.1. The summed E-state index contributed by atoms with van der Waals surface area (Å²) in [6, 6.07) is 12.4. The molecule has 3 heterocycles. The monoisotopic (exact) mass is 1320 g/mol. The number of ether oxygens (including phenoxy) is 6. The molecule has 1 saturated heterocycles. The number of carbonyl (C=O) groups is 3. The van der Waals surface area contributed by atoms with E-state index >= 15 is 0 Å². The van der Waals surface area contributed by atoms with E-state index in [1.165, 1.54) is 40.8 Å². The van der Waals surface area contributed by atoms with Crippen molar-refractivity contribution in [3.63, 3.8) is 0 Å². The van der Waals surface area contributed by atoms with Gasteiger partial charge < -0.3 is 73.5 Å². The molecule has 5 atom stereocenters. The van der Waals surface area contributed by atoms with Gasteiger partial charge in [0.2, 0.25) is 5.91 Å². The fourth-order valence-electron chi connectivity index (χ4n) is 8.74. The van der Waals surface area contributed by atoms with Crippen LogP contribution in [0.2, 0.25) is 0 Å². The number of hydrogen-bond donors (Lipinski definition) is 9. The molecule has 1 aliphatic carbocycles. The number of benzene rings is 3. The van der Waals surface area contributed by atoms with Crippen LogP contribution < -0.4 is 32.6 Å². The maximum Gasteiger partial charge on any atom is 0.490 e. The standard InChI is InChI=1S/C53H73N6O23P3S2/c1-8-54-40-25-42-38(22-32(40)3)48(39-23-33(4)41(55-9-2)26-43(39)79-42)36-11-10-35(24-37(36)51(63)64)50(62)56-13-15-74-17-19-76-21-20-75-18-16-73-14-12-46(60)57-30-53(6,7)87-86-31-77-44-27-47(59-28-34(5)49(61)58-52(59)65)80-45(44)29-78-84(69,70)82-85(71,72)81-83(66,67)68/h10-11,22-26,28,44-45,47,54H,8-9,12-21,27,29-31H2,1-7H3,(H,56,62)(H,57,60)(H,63,64)(H,69,70)(H,71,72)(H,58,61,65)(H2,66,67,68)/t44?,45-,47-/m1/s1. The Balaban J connectivity index is 0.832. The molecule has 3 aromatic rings. The minimum atomic E-state index is -5.80. The van der Waals surface area contributed by atoms with E-state index in [1.807, 2.05) is 65.8 Å². The van der Waals surface area contributed by atoms with Gasteiger partial charge in [-0.2, -0.15) is 8.62 Å². The summed E-state index contributed by atoms with van der Waals surface area (Å²) in [4.78, 5) is 107. The minimum absolute atomic E-state index is 0.0196. The molecular weight excluding hydrogens is 1250 g/mol. The number of carboxylic acid groups (broad SMARTS) is 1. The molecule has 1 fully saturated rings. The zero-order valence-electron chi connectivity index (χ0n) is 48.8. The van der Waals surface area contributed by atoms with Gasteiger partial charge in [-0.05, 0) is 89.4 Å². The number of fused-ring (bicyclic) bond motifs is 2. The number of hydrogen-bond acceptors (Lipinski definition) is 22. The summed E-state index contributed by atoms with van der Waals surface area (Å²) in [5.74, 6) is -1.38. The van der Waals surface area contributed by atoms with Gasteiger partial charge in [0.25, 0.3) is 11.5 Å². The Hall–Kier alpha value is -5.11. The number of H-pyrrole nitrogens is 1. The summed E-state index contributed by atoms with van der Waals surface area (Å²) < 4.78 is 88.6. The Kier molecular flexibility index (Phi) is 26.6. The van der Waals surface area contributed by atoms with Crippen molar-refractivity contribution in [3.05, 3.63) is 103 Å². The lowest BCUT2D eigenvalue weighted by Gasteiger charge is -2.24. The molecule has 480 valence electrons. The molecule has 6 rings (SSSR count). The molecule has 3 unspecified atom stereocenters. The topological polar surface area (TPSA) is 403 Å². The van der Waals surface area contributed by atoms with Gasteiger partial charge in [0.1, 0.15) is 29.6 Å². The lowest BCUT2D eigenvalue weighted by Crippen LogP contribution is -2.36. The molecule has 9 N–H and O–H groups in total. The fraction of sp³-hybridized carbons (Fsp3) is 0.509. The lowest BCUT2D eigenvalue weighted by molar-refractivity contribution is -0.122. The van der Waals surface area contributed by atoms with Crippen LogP contribution in [0.3, 0.4) is 0 Å². The van der Waals surface area contributed by atoms with Crippen molar-refractivity contribution in [3.8, 4) is 22.5 Å². The largest absolute Gasteiger partial charge is 0.490 e. The average Bonchev–Trinajstić information content (AvgIpc) is 1.27. The van der Waals surface area contributed by atoms with E-state index in [0.717, 1.165) is 37.7 Å². The number of rotatable bonds is 36. The highest BCUT2D eigenvalue weighted by atomic mass is 33.1. The van der Waals surface area contributed by atoms with Crippen LogP contribution in [0.15, 0.2) is 67.7 Å². The third kappa shape index (κ3) is 21.8. The number of aromatic carboxylic acids is 1. The highest BCUT2D eigenvalue weighted by molar-refractivity contribution is 8.77. The van der Waals surface area contributed by atoms with Gasteiger partial charge in [0.05, 0.1) is 76.5 Å². The highest BCUT2D eigenvalue weighted by Crippen LogP contribution is 2.66. The second kappa shape index (κ2) is 32.6. The predicted octanol–water partition coefficient (Wildman–Crippen LogP) is 6.17. The Labute approximate surface area is 507 Å². The number of aromatic nitrogens is 2. The molecule has 29 nitrogen and oxygen atoms in total. The second-order valence-electron chi connectivity index (χ2n) is 20.1. The second-order valence-corrected chi connectivity index (χ2v) is 27.5. The summed E-state index contributed by atoms with van der Waals surface area (Å²) in [5.41, 5.74) is 3.99. The van der Waals surface area contributed by atoms with Crippen molar-refractivity contribution in [2.24, 2.45) is 4.99 Å². The Bertz CT molecular complexity index is 3520. The molecule has 2 amide bonds. The van der Waals surface area contributed by atoms with Gasteiger partial charge in [-0.3, -0.25) is 33.5 Å². The van der Waals surface area contributed by atoms with Gasteiger partial charge >= 0.3 is 35.1 Å². The maximum atomic E-state index is 13.3. The number of anilines is 1. The van der Waals surface area contributed by atoms with E-state index in [0.29, 0.717) is 35.6 Å². The van der Waals surface area contributed by atoms with Crippen molar-refractivity contribution in [1.82, 2.24) is 20.2 Å². The fourth-order valence-corrected chi connectivity index (χ4v) is 13.9. The van der Waals surface area contributed by atoms with Crippen molar-refractivity contribution < 1.29 is 98.7 Å². The SMILES string of the molecule is CCN=c1cc2oc3cc(NCC)c(C)cc3c(-c3ccc(C(=O)NCCOCCOCCOCCOCCC(=O)NCC(C)(C)SSCOC4C[C@H](n5cc(C)c(=O)[nH]c5=O)O[C@@H]4COP(=O)(O)OP(=O)(O)OP(=O)(O)O)cc3C(=O)O)c-2cc1C. The van der Waals surface area contributed by atoms with E-state index in [4.69, 9.17) is 47.1 Å². The van der Waals surface area contributed by atoms with Gasteiger partial charge in [-0.15, -0.1) is 0 Å². The number of nitrogens with one attached hydrogen (secondary N) is 4. The number of amides is 2. The van der Waals surface area contributed by atoms with E-state index < -0.39 is 76.4 Å². The summed E-state index contributed by atoms with van der Waals surface area (Å²) in [5, 5.41) is 21.0. The highest BCUT2D eigenvalue weighted by Gasteiger charge is 2.44. The Morgan fingerprint density at radius 2 is 1.51 bits per heavy atom. The minimum Gasteiger partial charge on any atom is -0.478 e. The maximum absolute atomic E-state index is 13.3. The summed E-state index contributed by atoms with van der Waals surface area (Å²) in [7, 11) is -14.4. The van der Waals surface area contributed by atoms with Crippen LogP contribution in [0.4, 0.5) is 5.69 Å². The number of nitrogens with zero attached hydrogens (tertiary/aromatic N) is 2. The molecule has 2 aliphatic heterocycles. The summed E-state index contributed by atoms with van der Waals surface area (Å²) in [6.07, 6.45) is -1.98. The van der Waals surface area contributed by atoms with E-state index in [9.17, 15) is 52.6 Å². The zero-order chi connectivity index (χ0) is 63.7. The smallest absolute Gasteiger partial charge is 0.478 e. The number of carbonyl (C=O) groups excluding carboxylic acids is 2. The zero-order valence-corrected chi connectivity index (χ0v) is 53.1. The number of aromatic amines is 1. The lowest BCUT2D eigenvalue weighted by atomic mass is 9.88. The van der Waals surface area contributed by atoms with Gasteiger partial charge in [0.15, 0.2) is 0 Å². The molecule has 0 bridgehead atoms. The van der Waals surface area contributed by atoms with Crippen LogP contribution in [0.5, 0.6) is 0 Å². The van der Waals surface area contributed by atoms with Crippen LogP contribution in [-0.4, -0.2) is 161 Å². The number of carboxylic acids is 1. The van der Waals surface area contributed by atoms with Crippen LogP contribution in [0, 0.1) is 20.8 Å². The van der Waals surface area contributed by atoms with Gasteiger partial charge in [-0.25, -0.2) is 23.3 Å². The first-order valence-electron chi connectivity index (χ1n) is 27.3. The summed E-state index contributed by atoms with van der Waals surface area (Å²) >= 11 is 0. The van der Waals surface area contributed by atoms with Crippen LogP contribution in [0.1, 0.15) is 84.2 Å². The molecule has 1 aromatic heterocycles. The molecule has 2 aromatic carbocycles. The molecular formula is C53H73N6O23P3S2. The molecule has 3 aliphatic rings. The number of phosphoric ester groups is 1. The third-order valence-corrected chi connectivity index (χ3v) is 19.5. The van der Waals surface area contributed by atoms with Crippen molar-refractivity contribution in [2.75, 3.05) is 96.9 Å². The number of aryl methyl sites for hydroxylation is 3. The van der Waals surface area contributed by atoms with E-state index in [1.54, 1.807) is 12.1 Å². The molecule has 34 heteroatoms. The van der Waals surface area contributed by atoms with Crippen molar-refractivity contribution in [2.45, 2.75) is 84.5 Å². The van der Waals surface area contributed by atoms with Crippen molar-refractivity contribution >= 4 is 79.5 Å². The first kappa shape index (κ1) is 71.0. The molecule has 0 radical (unpaired) electrons. The average molecular weight is 1320 g/mol. The molecule has 87 heavy (non-hydrogen) atoms. The Morgan fingerprint density at radius 3 is 2.16 bits per heavy atom. The third-order valence-electron chi connectivity index (χ3n) is 12.8. The van der Waals surface area contributed by atoms with Gasteiger partial charge in [0, 0.05) is 95.4 Å². The quantitative estimate of drug-likeness (QED) is 0.00712. The number of phosphoric acid groups is 3. The summed E-state index contributed by atoms with van der Waals surface area (Å²) in [6.45, 7) is 15.8. The predicted molar refractivity (Wildman–Crippen MR) is 322 cm³/mol.